The lowest BCUT2D eigenvalue weighted by molar-refractivity contribution is -0.117. The Morgan fingerprint density at radius 1 is 1.08 bits per heavy atom. The summed E-state index contributed by atoms with van der Waals surface area (Å²) in [5.74, 6) is -0.187. The number of sulfonamides is 1. The molecule has 2 N–H and O–H groups in total. The smallest absolute Gasteiger partial charge is 0.229 e. The quantitative estimate of drug-likeness (QED) is 0.853. The maximum atomic E-state index is 12.5. The Balaban J connectivity index is 1.72. The van der Waals surface area contributed by atoms with Crippen LogP contribution in [0.25, 0.3) is 0 Å². The number of benzene rings is 2. The van der Waals surface area contributed by atoms with E-state index >= 15 is 0 Å². The van der Waals surface area contributed by atoms with Gasteiger partial charge in [0.05, 0.1) is 17.6 Å². The van der Waals surface area contributed by atoms with Crippen molar-refractivity contribution in [1.82, 2.24) is 0 Å². The molecular weight excluding hydrogens is 348 g/mol. The molecule has 2 unspecified atom stereocenters. The summed E-state index contributed by atoms with van der Waals surface area (Å²) < 4.78 is 25.2. The summed E-state index contributed by atoms with van der Waals surface area (Å²) in [6, 6.07) is 14.2. The Morgan fingerprint density at radius 3 is 2.38 bits per heavy atom. The Labute approximate surface area is 146 Å². The molecule has 1 saturated carbocycles. The molecule has 7 heteroatoms. The molecule has 2 aromatic carbocycles. The van der Waals surface area contributed by atoms with Gasteiger partial charge in [-0.05, 0) is 36.1 Å². The minimum Gasteiger partial charge on any atom is -0.324 e. The number of hydrogen-bond donors (Lipinski definition) is 2. The number of amides is 1. The summed E-state index contributed by atoms with van der Waals surface area (Å²) in [5.41, 5.74) is 1.77. The van der Waals surface area contributed by atoms with Gasteiger partial charge in [-0.2, -0.15) is 0 Å². The lowest BCUT2D eigenvalue weighted by Gasteiger charge is -2.12. The van der Waals surface area contributed by atoms with Gasteiger partial charge in [0.25, 0.3) is 0 Å². The molecule has 0 aromatic heterocycles. The number of carbonyl (C=O) groups excluding carboxylic acids is 1. The van der Waals surface area contributed by atoms with E-state index in [1.807, 2.05) is 24.3 Å². The van der Waals surface area contributed by atoms with Gasteiger partial charge >= 0.3 is 0 Å². The van der Waals surface area contributed by atoms with E-state index in [1.165, 1.54) is 0 Å². The van der Waals surface area contributed by atoms with Crippen molar-refractivity contribution in [2.24, 2.45) is 5.92 Å². The number of hydrogen-bond acceptors (Lipinski definition) is 3. The van der Waals surface area contributed by atoms with Crippen LogP contribution in [0, 0.1) is 5.92 Å². The highest BCUT2D eigenvalue weighted by molar-refractivity contribution is 7.92. The van der Waals surface area contributed by atoms with Gasteiger partial charge in [-0.3, -0.25) is 9.52 Å². The monoisotopic (exact) mass is 364 g/mol. The van der Waals surface area contributed by atoms with Crippen LogP contribution in [0.1, 0.15) is 17.9 Å². The van der Waals surface area contributed by atoms with Crippen molar-refractivity contribution < 1.29 is 13.2 Å². The fraction of sp³-hybridized carbons (Fsp3) is 0.235. The summed E-state index contributed by atoms with van der Waals surface area (Å²) in [5, 5.41) is 3.47. The zero-order valence-electron chi connectivity index (χ0n) is 13.0. The van der Waals surface area contributed by atoms with Crippen LogP contribution in [0.15, 0.2) is 48.5 Å². The lowest BCUT2D eigenvalue weighted by atomic mass is 10.1. The van der Waals surface area contributed by atoms with Gasteiger partial charge in [-0.1, -0.05) is 41.9 Å². The lowest BCUT2D eigenvalue weighted by Crippen LogP contribution is -2.17. The maximum Gasteiger partial charge on any atom is 0.229 e. The molecular formula is C17H17ClN2O3S. The topological polar surface area (TPSA) is 75.3 Å². The minimum absolute atomic E-state index is 0.105. The van der Waals surface area contributed by atoms with Gasteiger partial charge in [0, 0.05) is 10.9 Å². The number of rotatable bonds is 5. The van der Waals surface area contributed by atoms with Crippen molar-refractivity contribution in [3.05, 3.63) is 59.1 Å². The Hall–Kier alpha value is -2.05. The second-order valence-corrected chi connectivity index (χ2v) is 8.03. The summed E-state index contributed by atoms with van der Waals surface area (Å²) in [7, 11) is -3.42. The van der Waals surface area contributed by atoms with E-state index < -0.39 is 10.0 Å². The zero-order chi connectivity index (χ0) is 17.3. The Morgan fingerprint density at radius 2 is 1.71 bits per heavy atom. The first-order chi connectivity index (χ1) is 11.3. The van der Waals surface area contributed by atoms with Crippen molar-refractivity contribution in [3.8, 4) is 0 Å². The predicted octanol–water partition coefficient (Wildman–Crippen LogP) is 3.45. The third-order valence-corrected chi connectivity index (χ3v) is 4.85. The van der Waals surface area contributed by atoms with Crippen molar-refractivity contribution in [2.45, 2.75) is 12.3 Å². The molecule has 3 rings (SSSR count). The number of anilines is 2. The molecule has 1 amide bonds. The largest absolute Gasteiger partial charge is 0.324 e. The van der Waals surface area contributed by atoms with Crippen LogP contribution in [0.4, 0.5) is 11.4 Å². The second kappa shape index (κ2) is 6.45. The molecule has 0 bridgehead atoms. The average Bonchev–Trinajstić information content (AvgIpc) is 3.29. The van der Waals surface area contributed by atoms with Crippen molar-refractivity contribution in [1.29, 1.82) is 0 Å². The molecule has 1 aliphatic carbocycles. The second-order valence-electron chi connectivity index (χ2n) is 5.88. The molecule has 2 atom stereocenters. The first-order valence-corrected chi connectivity index (χ1v) is 9.74. The summed E-state index contributed by atoms with van der Waals surface area (Å²) >= 11 is 6.18. The standard InChI is InChI=1S/C17H17ClN2O3S/c1-24(22,23)20-16-9-5-4-8-15(16)19-17(21)13-10-12(13)11-6-2-3-7-14(11)18/h2-9,12-13,20H,10H2,1H3,(H,19,21). The third-order valence-electron chi connectivity index (χ3n) is 3.91. The fourth-order valence-electron chi connectivity index (χ4n) is 2.71. The first-order valence-electron chi connectivity index (χ1n) is 7.47. The molecule has 0 spiro atoms. The highest BCUT2D eigenvalue weighted by Crippen LogP contribution is 2.50. The minimum atomic E-state index is -3.42. The molecule has 1 aliphatic rings. The van der Waals surface area contributed by atoms with Crippen molar-refractivity contribution in [2.75, 3.05) is 16.3 Å². The molecule has 5 nitrogen and oxygen atoms in total. The third kappa shape index (κ3) is 3.88. The first kappa shape index (κ1) is 16.8. The van der Waals surface area contributed by atoms with E-state index in [-0.39, 0.29) is 17.7 Å². The van der Waals surface area contributed by atoms with Crippen LogP contribution < -0.4 is 10.0 Å². The maximum absolute atomic E-state index is 12.5. The van der Waals surface area contributed by atoms with Crippen LogP contribution in [0.2, 0.25) is 5.02 Å². The van der Waals surface area contributed by atoms with Crippen molar-refractivity contribution in [3.63, 3.8) is 0 Å². The van der Waals surface area contributed by atoms with Gasteiger partial charge in [-0.15, -0.1) is 0 Å². The highest BCUT2D eigenvalue weighted by Gasteiger charge is 2.44. The number of halogens is 1. The van der Waals surface area contributed by atoms with Gasteiger partial charge in [0.1, 0.15) is 0 Å². The van der Waals surface area contributed by atoms with E-state index in [4.69, 9.17) is 11.6 Å². The van der Waals surface area contributed by atoms with E-state index in [2.05, 4.69) is 10.0 Å². The number of para-hydroxylation sites is 2. The average molecular weight is 365 g/mol. The Kier molecular flexibility index (Phi) is 4.51. The van der Waals surface area contributed by atoms with Crippen LogP contribution >= 0.6 is 11.6 Å². The van der Waals surface area contributed by atoms with E-state index in [0.29, 0.717) is 16.4 Å². The van der Waals surface area contributed by atoms with Gasteiger partial charge in [0.2, 0.25) is 15.9 Å². The van der Waals surface area contributed by atoms with E-state index in [1.54, 1.807) is 24.3 Å². The summed E-state index contributed by atoms with van der Waals surface area (Å²) in [6.07, 6.45) is 1.80. The van der Waals surface area contributed by atoms with Crippen LogP contribution in [0.3, 0.4) is 0 Å². The summed E-state index contributed by atoms with van der Waals surface area (Å²) in [4.78, 5) is 12.5. The molecule has 0 aliphatic heterocycles. The van der Waals surface area contributed by atoms with E-state index in [0.717, 1.165) is 18.2 Å². The number of nitrogens with one attached hydrogen (secondary N) is 2. The van der Waals surface area contributed by atoms with Crippen molar-refractivity contribution >= 4 is 38.9 Å². The SMILES string of the molecule is CS(=O)(=O)Nc1ccccc1NC(=O)C1CC1c1ccccc1Cl. The van der Waals surface area contributed by atoms with Crippen LogP contribution in [0.5, 0.6) is 0 Å². The van der Waals surface area contributed by atoms with Crippen LogP contribution in [-0.2, 0) is 14.8 Å². The summed E-state index contributed by atoms with van der Waals surface area (Å²) in [6.45, 7) is 0. The molecule has 1 fully saturated rings. The van der Waals surface area contributed by atoms with Gasteiger partial charge in [-0.25, -0.2) is 8.42 Å². The molecule has 126 valence electrons. The number of carbonyl (C=O) groups is 1. The molecule has 0 heterocycles. The van der Waals surface area contributed by atoms with E-state index in [9.17, 15) is 13.2 Å². The highest BCUT2D eigenvalue weighted by atomic mass is 35.5. The molecule has 24 heavy (non-hydrogen) atoms. The van der Waals surface area contributed by atoms with Gasteiger partial charge in [0.15, 0.2) is 0 Å². The molecule has 0 saturated heterocycles. The zero-order valence-corrected chi connectivity index (χ0v) is 14.6. The fourth-order valence-corrected chi connectivity index (χ4v) is 3.56. The Bertz CT molecular complexity index is 883. The van der Waals surface area contributed by atoms with Gasteiger partial charge < -0.3 is 5.32 Å². The predicted molar refractivity (Wildman–Crippen MR) is 95.8 cm³/mol. The molecule has 0 radical (unpaired) electrons. The normalized spacial score (nSPS) is 19.6. The molecule has 2 aromatic rings. The van der Waals surface area contributed by atoms with Crippen LogP contribution in [-0.4, -0.2) is 20.6 Å².